The number of amides is 1. The standard InChI is InChI=1S/C16H25N3O3/c1-18(2)11-16(20)17-14-4-5-15(13(10-14)12-21-3)19-6-8-22-9-7-19/h4-5,10H,6-9,11-12H2,1-3H3,(H,17,20). The molecule has 0 aliphatic carbocycles. The third-order valence-electron chi connectivity index (χ3n) is 3.47. The van der Waals surface area contributed by atoms with Gasteiger partial charge in [-0.1, -0.05) is 0 Å². The molecule has 122 valence electrons. The van der Waals surface area contributed by atoms with Crippen LogP contribution in [0.1, 0.15) is 5.56 Å². The number of morpholine rings is 1. The van der Waals surface area contributed by atoms with E-state index in [1.165, 1.54) is 0 Å². The van der Waals surface area contributed by atoms with E-state index in [-0.39, 0.29) is 5.91 Å². The lowest BCUT2D eigenvalue weighted by atomic mass is 10.1. The van der Waals surface area contributed by atoms with Crippen LogP contribution in [-0.2, 0) is 20.9 Å². The number of benzene rings is 1. The highest BCUT2D eigenvalue weighted by Gasteiger charge is 2.15. The van der Waals surface area contributed by atoms with Crippen molar-refractivity contribution in [1.29, 1.82) is 0 Å². The Morgan fingerprint density at radius 1 is 1.36 bits per heavy atom. The lowest BCUT2D eigenvalue weighted by molar-refractivity contribution is -0.116. The number of carbonyl (C=O) groups excluding carboxylic acids is 1. The van der Waals surface area contributed by atoms with Crippen molar-refractivity contribution < 1.29 is 14.3 Å². The molecule has 0 bridgehead atoms. The molecular weight excluding hydrogens is 282 g/mol. The van der Waals surface area contributed by atoms with Gasteiger partial charge in [-0.25, -0.2) is 0 Å². The minimum atomic E-state index is -0.0208. The molecule has 1 aromatic carbocycles. The number of hydrogen-bond acceptors (Lipinski definition) is 5. The van der Waals surface area contributed by atoms with Crippen molar-refractivity contribution >= 4 is 17.3 Å². The number of rotatable bonds is 6. The Morgan fingerprint density at radius 3 is 2.73 bits per heavy atom. The van der Waals surface area contributed by atoms with Crippen LogP contribution >= 0.6 is 0 Å². The van der Waals surface area contributed by atoms with Gasteiger partial charge in [-0.3, -0.25) is 4.79 Å². The Balaban J connectivity index is 2.13. The first-order valence-corrected chi connectivity index (χ1v) is 7.49. The van der Waals surface area contributed by atoms with Crippen LogP contribution in [0.3, 0.4) is 0 Å². The summed E-state index contributed by atoms with van der Waals surface area (Å²) in [5.74, 6) is -0.0208. The second-order valence-electron chi connectivity index (χ2n) is 5.66. The quantitative estimate of drug-likeness (QED) is 0.855. The molecule has 1 N–H and O–H groups in total. The number of hydrogen-bond donors (Lipinski definition) is 1. The fourth-order valence-electron chi connectivity index (χ4n) is 2.53. The van der Waals surface area contributed by atoms with Crippen LogP contribution in [0.5, 0.6) is 0 Å². The molecule has 0 unspecified atom stereocenters. The van der Waals surface area contributed by atoms with Gasteiger partial charge < -0.3 is 24.6 Å². The van der Waals surface area contributed by atoms with Crippen molar-refractivity contribution in [3.63, 3.8) is 0 Å². The van der Waals surface area contributed by atoms with E-state index in [4.69, 9.17) is 9.47 Å². The lowest BCUT2D eigenvalue weighted by Crippen LogP contribution is -2.36. The van der Waals surface area contributed by atoms with E-state index in [2.05, 4.69) is 10.2 Å². The molecule has 1 heterocycles. The van der Waals surface area contributed by atoms with Crippen LogP contribution in [0.4, 0.5) is 11.4 Å². The summed E-state index contributed by atoms with van der Waals surface area (Å²) in [6.07, 6.45) is 0. The van der Waals surface area contributed by atoms with E-state index >= 15 is 0 Å². The average molecular weight is 307 g/mol. The van der Waals surface area contributed by atoms with Crippen molar-refractivity contribution in [3.05, 3.63) is 23.8 Å². The van der Waals surface area contributed by atoms with Crippen LogP contribution < -0.4 is 10.2 Å². The van der Waals surface area contributed by atoms with Gasteiger partial charge in [0, 0.05) is 37.1 Å². The van der Waals surface area contributed by atoms with Gasteiger partial charge in [0.2, 0.25) is 5.91 Å². The first-order valence-electron chi connectivity index (χ1n) is 7.49. The first kappa shape index (κ1) is 16.7. The maximum absolute atomic E-state index is 11.9. The highest BCUT2D eigenvalue weighted by atomic mass is 16.5. The number of carbonyl (C=O) groups is 1. The SMILES string of the molecule is COCc1cc(NC(=O)CN(C)C)ccc1N1CCOCC1. The molecule has 6 nitrogen and oxygen atoms in total. The van der Waals surface area contributed by atoms with Gasteiger partial charge in [0.05, 0.1) is 26.4 Å². The lowest BCUT2D eigenvalue weighted by Gasteiger charge is -2.30. The van der Waals surface area contributed by atoms with Crippen molar-refractivity contribution in [3.8, 4) is 0 Å². The molecule has 0 aromatic heterocycles. The van der Waals surface area contributed by atoms with Gasteiger partial charge in [0.25, 0.3) is 0 Å². The fourth-order valence-corrected chi connectivity index (χ4v) is 2.53. The maximum Gasteiger partial charge on any atom is 0.238 e. The number of likely N-dealkylation sites (N-methyl/N-ethyl adjacent to an activating group) is 1. The summed E-state index contributed by atoms with van der Waals surface area (Å²) in [5.41, 5.74) is 3.03. The maximum atomic E-state index is 11.9. The van der Waals surface area contributed by atoms with Gasteiger partial charge >= 0.3 is 0 Å². The summed E-state index contributed by atoms with van der Waals surface area (Å²) in [6, 6.07) is 5.98. The fraction of sp³-hybridized carbons (Fsp3) is 0.562. The first-order chi connectivity index (χ1) is 10.6. The van der Waals surface area contributed by atoms with E-state index in [0.717, 1.165) is 43.2 Å². The summed E-state index contributed by atoms with van der Waals surface area (Å²) >= 11 is 0. The third kappa shape index (κ3) is 4.69. The smallest absolute Gasteiger partial charge is 0.238 e. The van der Waals surface area contributed by atoms with Crippen molar-refractivity contribution in [2.45, 2.75) is 6.61 Å². The zero-order chi connectivity index (χ0) is 15.9. The molecule has 2 rings (SSSR count). The zero-order valence-corrected chi connectivity index (χ0v) is 13.6. The third-order valence-corrected chi connectivity index (χ3v) is 3.47. The van der Waals surface area contributed by atoms with Crippen LogP contribution in [0.25, 0.3) is 0 Å². The molecule has 1 aromatic rings. The number of anilines is 2. The molecular formula is C16H25N3O3. The van der Waals surface area contributed by atoms with Crippen LogP contribution in [-0.4, -0.2) is 64.9 Å². The Morgan fingerprint density at radius 2 is 2.09 bits per heavy atom. The molecule has 22 heavy (non-hydrogen) atoms. The van der Waals surface area contributed by atoms with E-state index in [9.17, 15) is 4.79 Å². The van der Waals surface area contributed by atoms with E-state index in [1.807, 2.05) is 37.2 Å². The van der Waals surface area contributed by atoms with Gasteiger partial charge in [-0.15, -0.1) is 0 Å². The molecule has 0 atom stereocenters. The molecule has 0 saturated carbocycles. The van der Waals surface area contributed by atoms with Crippen LogP contribution in [0, 0.1) is 0 Å². The van der Waals surface area contributed by atoms with Crippen LogP contribution in [0.15, 0.2) is 18.2 Å². The van der Waals surface area contributed by atoms with Gasteiger partial charge in [-0.2, -0.15) is 0 Å². The minimum Gasteiger partial charge on any atom is -0.380 e. The molecule has 1 aliphatic heterocycles. The predicted molar refractivity (Wildman–Crippen MR) is 87.4 cm³/mol. The largest absolute Gasteiger partial charge is 0.380 e. The Kier molecular flexibility index (Phi) is 6.18. The van der Waals surface area contributed by atoms with Gasteiger partial charge in [0.1, 0.15) is 0 Å². The predicted octanol–water partition coefficient (Wildman–Crippen LogP) is 1.17. The van der Waals surface area contributed by atoms with Gasteiger partial charge in [-0.05, 0) is 32.3 Å². The van der Waals surface area contributed by atoms with E-state index in [1.54, 1.807) is 7.11 Å². The number of ether oxygens (including phenoxy) is 2. The Hall–Kier alpha value is -1.63. The summed E-state index contributed by atoms with van der Waals surface area (Å²) in [5, 5.41) is 2.92. The molecule has 1 fully saturated rings. The number of nitrogens with one attached hydrogen (secondary N) is 1. The van der Waals surface area contributed by atoms with Gasteiger partial charge in [0.15, 0.2) is 0 Å². The minimum absolute atomic E-state index is 0.0208. The summed E-state index contributed by atoms with van der Waals surface area (Å²) < 4.78 is 10.7. The Labute approximate surface area is 132 Å². The number of nitrogens with zero attached hydrogens (tertiary/aromatic N) is 2. The van der Waals surface area contributed by atoms with E-state index < -0.39 is 0 Å². The molecule has 6 heteroatoms. The summed E-state index contributed by atoms with van der Waals surface area (Å²) in [6.45, 7) is 4.13. The van der Waals surface area contributed by atoms with Crippen LogP contribution in [0.2, 0.25) is 0 Å². The normalized spacial score (nSPS) is 15.2. The molecule has 1 amide bonds. The van der Waals surface area contributed by atoms with Crippen molar-refractivity contribution in [2.75, 3.05) is 64.3 Å². The molecule has 0 radical (unpaired) electrons. The number of methoxy groups -OCH3 is 1. The summed E-state index contributed by atoms with van der Waals surface area (Å²) in [7, 11) is 5.43. The molecule has 1 aliphatic rings. The topological polar surface area (TPSA) is 54.0 Å². The zero-order valence-electron chi connectivity index (χ0n) is 13.6. The summed E-state index contributed by atoms with van der Waals surface area (Å²) in [4.78, 5) is 16.0. The second kappa shape index (κ2) is 8.12. The van der Waals surface area contributed by atoms with Crippen molar-refractivity contribution in [1.82, 2.24) is 4.90 Å². The monoisotopic (exact) mass is 307 g/mol. The Bertz CT molecular complexity index is 499. The average Bonchev–Trinajstić information content (AvgIpc) is 2.48. The molecule has 0 spiro atoms. The molecule has 1 saturated heterocycles. The second-order valence-corrected chi connectivity index (χ2v) is 5.66. The van der Waals surface area contributed by atoms with E-state index in [0.29, 0.717) is 13.2 Å². The highest BCUT2D eigenvalue weighted by molar-refractivity contribution is 5.92. The highest BCUT2D eigenvalue weighted by Crippen LogP contribution is 2.26. The van der Waals surface area contributed by atoms with Crippen molar-refractivity contribution in [2.24, 2.45) is 0 Å².